The van der Waals surface area contributed by atoms with E-state index in [0.717, 1.165) is 24.6 Å². The van der Waals surface area contributed by atoms with Crippen molar-refractivity contribution in [1.82, 2.24) is 0 Å². The molecule has 2 rings (SSSR count). The quantitative estimate of drug-likeness (QED) is 0.778. The van der Waals surface area contributed by atoms with E-state index in [-0.39, 0.29) is 11.2 Å². The fourth-order valence-electron chi connectivity index (χ4n) is 2.35. The maximum atomic E-state index is 12.5. The van der Waals surface area contributed by atoms with Gasteiger partial charge in [-0.2, -0.15) is 0 Å². The number of rotatable bonds is 5. The lowest BCUT2D eigenvalue weighted by molar-refractivity contribution is 0.203. The molecule has 0 saturated heterocycles. The van der Waals surface area contributed by atoms with Crippen LogP contribution in [0.2, 0.25) is 0 Å². The van der Waals surface area contributed by atoms with Gasteiger partial charge in [-0.1, -0.05) is 34.5 Å². The van der Waals surface area contributed by atoms with Crippen LogP contribution >= 0.6 is 15.9 Å². The van der Waals surface area contributed by atoms with Crippen molar-refractivity contribution in [3.05, 3.63) is 24.3 Å². The summed E-state index contributed by atoms with van der Waals surface area (Å²) >= 11 is 3.45. The molecular weight excluding hydrogens is 316 g/mol. The molecule has 0 unspecified atom stereocenters. The Morgan fingerprint density at radius 2 is 2.00 bits per heavy atom. The molecule has 0 aromatic heterocycles. The molecular formula is C13H17BrO3S. The first kappa shape index (κ1) is 13.9. The molecule has 0 atom stereocenters. The van der Waals surface area contributed by atoms with Crippen molar-refractivity contribution in [3.8, 4) is 5.75 Å². The first-order chi connectivity index (χ1) is 8.53. The molecule has 0 N–H and O–H groups in total. The first-order valence-corrected chi connectivity index (χ1v) is 8.72. The molecule has 0 aliphatic heterocycles. The van der Waals surface area contributed by atoms with Gasteiger partial charge in [0, 0.05) is 5.33 Å². The van der Waals surface area contributed by atoms with E-state index in [1.54, 1.807) is 24.3 Å². The van der Waals surface area contributed by atoms with Gasteiger partial charge in [0.25, 0.3) is 0 Å². The Balaban J connectivity index is 2.31. The number of methoxy groups -OCH3 is 1. The summed E-state index contributed by atoms with van der Waals surface area (Å²) < 4.78 is 30.1. The molecule has 18 heavy (non-hydrogen) atoms. The number of alkyl halides is 1. The van der Waals surface area contributed by atoms with E-state index in [4.69, 9.17) is 4.74 Å². The second kappa shape index (κ2) is 5.21. The van der Waals surface area contributed by atoms with Crippen LogP contribution in [-0.4, -0.2) is 26.6 Å². The van der Waals surface area contributed by atoms with Crippen molar-refractivity contribution in [2.75, 3.05) is 18.2 Å². The normalized spacial score (nSPS) is 18.1. The van der Waals surface area contributed by atoms with Crippen LogP contribution in [0.1, 0.15) is 19.3 Å². The summed E-state index contributed by atoms with van der Waals surface area (Å²) in [4.78, 5) is 0.305. The van der Waals surface area contributed by atoms with Crippen LogP contribution in [0.25, 0.3) is 0 Å². The zero-order valence-corrected chi connectivity index (χ0v) is 12.8. The molecule has 0 amide bonds. The van der Waals surface area contributed by atoms with Crippen molar-refractivity contribution in [3.63, 3.8) is 0 Å². The molecule has 0 bridgehead atoms. The van der Waals surface area contributed by atoms with Crippen LogP contribution < -0.4 is 4.74 Å². The molecule has 100 valence electrons. The van der Waals surface area contributed by atoms with Gasteiger partial charge < -0.3 is 4.74 Å². The Hall–Kier alpha value is -0.550. The average Bonchev–Trinajstić information content (AvgIpc) is 2.34. The second-order valence-corrected chi connectivity index (χ2v) is 7.42. The molecule has 0 radical (unpaired) electrons. The highest BCUT2D eigenvalue weighted by atomic mass is 79.9. The lowest BCUT2D eigenvalue weighted by atomic mass is 9.72. The average molecular weight is 333 g/mol. The van der Waals surface area contributed by atoms with Gasteiger partial charge in [-0.25, -0.2) is 8.42 Å². The van der Waals surface area contributed by atoms with Crippen LogP contribution in [0.4, 0.5) is 0 Å². The predicted octanol–water partition coefficient (Wildman–Crippen LogP) is 3.03. The van der Waals surface area contributed by atoms with Crippen molar-refractivity contribution < 1.29 is 13.2 Å². The fourth-order valence-corrected chi connectivity index (χ4v) is 5.47. The van der Waals surface area contributed by atoms with Gasteiger partial charge in [0.1, 0.15) is 10.6 Å². The molecule has 1 aliphatic carbocycles. The summed E-state index contributed by atoms with van der Waals surface area (Å²) in [5, 5.41) is 0.744. The van der Waals surface area contributed by atoms with Crippen LogP contribution in [0.15, 0.2) is 29.2 Å². The Labute approximate surface area is 117 Å². The molecule has 1 aromatic carbocycles. The molecule has 0 spiro atoms. The molecule has 1 aliphatic rings. The highest BCUT2D eigenvalue weighted by Gasteiger charge is 2.41. The van der Waals surface area contributed by atoms with Crippen molar-refractivity contribution >= 4 is 25.8 Å². The van der Waals surface area contributed by atoms with Crippen LogP contribution in [0.5, 0.6) is 5.75 Å². The molecule has 1 saturated carbocycles. The third-order valence-corrected chi connectivity index (χ3v) is 6.79. The Bertz CT molecular complexity index is 515. The van der Waals surface area contributed by atoms with Crippen LogP contribution in [0.3, 0.4) is 0 Å². The highest BCUT2D eigenvalue weighted by molar-refractivity contribution is 9.09. The standard InChI is InChI=1S/C13H17BrO3S/c1-17-11-5-2-3-6-12(11)18(15,16)10-13(9-14)7-4-8-13/h2-3,5-6H,4,7-10H2,1H3. The summed E-state index contributed by atoms with van der Waals surface area (Å²) in [6.45, 7) is 0. The maximum absolute atomic E-state index is 12.5. The fraction of sp³-hybridized carbons (Fsp3) is 0.538. The number of para-hydroxylation sites is 1. The predicted molar refractivity (Wildman–Crippen MR) is 75.1 cm³/mol. The van der Waals surface area contributed by atoms with Crippen LogP contribution in [-0.2, 0) is 9.84 Å². The van der Waals surface area contributed by atoms with Crippen LogP contribution in [0, 0.1) is 5.41 Å². The van der Waals surface area contributed by atoms with E-state index in [2.05, 4.69) is 15.9 Å². The molecule has 1 aromatic rings. The maximum Gasteiger partial charge on any atom is 0.182 e. The molecule has 5 heteroatoms. The number of hydrogen-bond donors (Lipinski definition) is 0. The smallest absolute Gasteiger partial charge is 0.182 e. The van der Waals surface area contributed by atoms with Gasteiger partial charge in [0.05, 0.1) is 12.9 Å². The summed E-state index contributed by atoms with van der Waals surface area (Å²) in [7, 11) is -1.79. The highest BCUT2D eigenvalue weighted by Crippen LogP contribution is 2.45. The number of hydrogen-bond acceptors (Lipinski definition) is 3. The van der Waals surface area contributed by atoms with E-state index in [0.29, 0.717) is 10.6 Å². The largest absolute Gasteiger partial charge is 0.495 e. The molecule has 1 fully saturated rings. The zero-order valence-electron chi connectivity index (χ0n) is 10.4. The number of halogens is 1. The molecule has 3 nitrogen and oxygen atoms in total. The van der Waals surface area contributed by atoms with E-state index in [9.17, 15) is 8.42 Å². The van der Waals surface area contributed by atoms with E-state index in [1.807, 2.05) is 0 Å². The summed E-state index contributed by atoms with van der Waals surface area (Å²) in [6, 6.07) is 6.82. The SMILES string of the molecule is COc1ccccc1S(=O)(=O)CC1(CBr)CCC1. The number of benzene rings is 1. The minimum absolute atomic E-state index is 0.0836. The third-order valence-electron chi connectivity index (χ3n) is 3.60. The number of sulfone groups is 1. The monoisotopic (exact) mass is 332 g/mol. The Morgan fingerprint density at radius 1 is 1.33 bits per heavy atom. The van der Waals surface area contributed by atoms with Gasteiger partial charge in [-0.3, -0.25) is 0 Å². The number of ether oxygens (including phenoxy) is 1. The summed E-state index contributed by atoms with van der Waals surface area (Å²) in [5.41, 5.74) is -0.0836. The lowest BCUT2D eigenvalue weighted by Gasteiger charge is -2.40. The Morgan fingerprint density at radius 3 is 2.50 bits per heavy atom. The topological polar surface area (TPSA) is 43.4 Å². The first-order valence-electron chi connectivity index (χ1n) is 5.95. The van der Waals surface area contributed by atoms with Gasteiger partial charge in [0.2, 0.25) is 0 Å². The summed E-state index contributed by atoms with van der Waals surface area (Å²) in [5.74, 6) is 0.632. The van der Waals surface area contributed by atoms with Gasteiger partial charge >= 0.3 is 0 Å². The Kier molecular flexibility index (Phi) is 4.02. The van der Waals surface area contributed by atoms with Gasteiger partial charge in [-0.15, -0.1) is 0 Å². The second-order valence-electron chi connectivity index (χ2n) is 4.90. The third kappa shape index (κ3) is 2.57. The van der Waals surface area contributed by atoms with Gasteiger partial charge in [0.15, 0.2) is 9.84 Å². The van der Waals surface area contributed by atoms with E-state index in [1.165, 1.54) is 7.11 Å². The van der Waals surface area contributed by atoms with Crippen molar-refractivity contribution in [1.29, 1.82) is 0 Å². The molecule has 0 heterocycles. The summed E-state index contributed by atoms with van der Waals surface area (Å²) in [6.07, 6.45) is 3.08. The van der Waals surface area contributed by atoms with Crippen molar-refractivity contribution in [2.45, 2.75) is 24.2 Å². The van der Waals surface area contributed by atoms with E-state index < -0.39 is 9.84 Å². The minimum atomic E-state index is -3.29. The van der Waals surface area contributed by atoms with Crippen molar-refractivity contribution in [2.24, 2.45) is 5.41 Å². The zero-order chi connectivity index (χ0) is 13.2. The minimum Gasteiger partial charge on any atom is -0.495 e. The van der Waals surface area contributed by atoms with Gasteiger partial charge in [-0.05, 0) is 30.4 Å². The lowest BCUT2D eigenvalue weighted by Crippen LogP contribution is -2.38. The van der Waals surface area contributed by atoms with E-state index >= 15 is 0 Å².